The van der Waals surface area contributed by atoms with Crippen molar-refractivity contribution in [1.82, 2.24) is 4.90 Å². The Morgan fingerprint density at radius 1 is 1.00 bits per heavy atom. The van der Waals surface area contributed by atoms with Crippen LogP contribution in [-0.4, -0.2) is 30.4 Å². The highest BCUT2D eigenvalue weighted by Crippen LogP contribution is 2.29. The molecule has 0 unspecified atom stereocenters. The van der Waals surface area contributed by atoms with E-state index in [1.165, 1.54) is 69.1 Å². The molecule has 1 aliphatic heterocycles. The maximum Gasteiger partial charge on any atom is 0.221 e. The van der Waals surface area contributed by atoms with Crippen LogP contribution in [0.3, 0.4) is 0 Å². The molecule has 0 bridgehead atoms. The van der Waals surface area contributed by atoms with Gasteiger partial charge in [0, 0.05) is 12.3 Å². The van der Waals surface area contributed by atoms with Crippen LogP contribution in [0.5, 0.6) is 0 Å². The molecular formula is C22H30N2O. The lowest BCUT2D eigenvalue weighted by Crippen LogP contribution is -2.30. The molecule has 1 N–H and O–H groups in total. The van der Waals surface area contributed by atoms with Gasteiger partial charge in [0.15, 0.2) is 0 Å². The Labute approximate surface area is 151 Å². The van der Waals surface area contributed by atoms with Crippen LogP contribution in [0.1, 0.15) is 51.0 Å². The molecule has 0 saturated carbocycles. The number of piperidine rings is 1. The van der Waals surface area contributed by atoms with Crippen LogP contribution >= 0.6 is 0 Å². The molecule has 1 fully saturated rings. The van der Waals surface area contributed by atoms with Crippen molar-refractivity contribution in [3.8, 4) is 0 Å². The summed E-state index contributed by atoms with van der Waals surface area (Å²) < 4.78 is 0. The van der Waals surface area contributed by atoms with E-state index < -0.39 is 0 Å². The molecule has 1 amide bonds. The molecule has 1 saturated heterocycles. The van der Waals surface area contributed by atoms with Crippen molar-refractivity contribution in [3.05, 3.63) is 42.0 Å². The quantitative estimate of drug-likeness (QED) is 0.721. The fourth-order valence-electron chi connectivity index (χ4n) is 3.86. The number of anilines is 1. The van der Waals surface area contributed by atoms with Gasteiger partial charge in [0.05, 0.1) is 5.69 Å². The van der Waals surface area contributed by atoms with E-state index in [1.807, 2.05) is 12.1 Å². The first kappa shape index (κ1) is 17.9. The summed E-state index contributed by atoms with van der Waals surface area (Å²) >= 11 is 0. The van der Waals surface area contributed by atoms with Gasteiger partial charge in [-0.3, -0.25) is 4.79 Å². The highest BCUT2D eigenvalue weighted by atomic mass is 16.1. The monoisotopic (exact) mass is 338 g/mol. The molecule has 1 aliphatic rings. The van der Waals surface area contributed by atoms with E-state index >= 15 is 0 Å². The molecule has 0 atom stereocenters. The number of nitrogens with zero attached hydrogens (tertiary/aromatic N) is 1. The molecule has 134 valence electrons. The molecule has 3 nitrogen and oxygen atoms in total. The minimum atomic E-state index is 0.00250. The number of likely N-dealkylation sites (tertiary alicyclic amines) is 1. The van der Waals surface area contributed by atoms with Crippen molar-refractivity contribution in [1.29, 1.82) is 0 Å². The zero-order valence-electron chi connectivity index (χ0n) is 15.4. The van der Waals surface area contributed by atoms with E-state index in [1.54, 1.807) is 6.92 Å². The Morgan fingerprint density at radius 3 is 2.60 bits per heavy atom. The molecule has 2 aromatic carbocycles. The third-order valence-electron chi connectivity index (χ3n) is 5.19. The Morgan fingerprint density at radius 2 is 1.80 bits per heavy atom. The highest BCUT2D eigenvalue weighted by molar-refractivity contribution is 6.02. The van der Waals surface area contributed by atoms with E-state index in [4.69, 9.17) is 0 Å². The second kappa shape index (κ2) is 9.00. The van der Waals surface area contributed by atoms with Crippen LogP contribution in [-0.2, 0) is 11.2 Å². The van der Waals surface area contributed by atoms with E-state index in [0.29, 0.717) is 0 Å². The molecule has 0 aromatic heterocycles. The Balaban J connectivity index is 1.57. The first-order chi connectivity index (χ1) is 12.2. The second-order valence-corrected chi connectivity index (χ2v) is 7.21. The molecule has 25 heavy (non-hydrogen) atoms. The molecule has 1 heterocycles. The Kier molecular flexibility index (Phi) is 6.46. The van der Waals surface area contributed by atoms with Gasteiger partial charge in [0.1, 0.15) is 0 Å². The molecule has 0 spiro atoms. The van der Waals surface area contributed by atoms with Crippen LogP contribution in [0.2, 0.25) is 0 Å². The minimum Gasteiger partial charge on any atom is -0.326 e. The summed E-state index contributed by atoms with van der Waals surface area (Å²) in [6, 6.07) is 12.6. The van der Waals surface area contributed by atoms with E-state index in [9.17, 15) is 4.79 Å². The number of nitrogens with one attached hydrogen (secondary N) is 1. The van der Waals surface area contributed by atoms with Gasteiger partial charge in [-0.15, -0.1) is 0 Å². The Bertz CT molecular complexity index is 704. The number of fused-ring (bicyclic) bond motifs is 1. The lowest BCUT2D eigenvalue weighted by atomic mass is 9.99. The summed E-state index contributed by atoms with van der Waals surface area (Å²) in [6.07, 6.45) is 8.89. The third-order valence-corrected chi connectivity index (χ3v) is 5.19. The normalized spacial score (nSPS) is 15.4. The summed E-state index contributed by atoms with van der Waals surface area (Å²) in [5, 5.41) is 5.38. The topological polar surface area (TPSA) is 32.3 Å². The van der Waals surface area contributed by atoms with E-state index in [-0.39, 0.29) is 5.91 Å². The van der Waals surface area contributed by atoms with Gasteiger partial charge in [0.25, 0.3) is 0 Å². The van der Waals surface area contributed by atoms with Gasteiger partial charge < -0.3 is 10.2 Å². The van der Waals surface area contributed by atoms with Crippen LogP contribution in [0, 0.1) is 0 Å². The first-order valence-corrected chi connectivity index (χ1v) is 9.74. The molecule has 0 radical (unpaired) electrons. The van der Waals surface area contributed by atoms with E-state index in [0.717, 1.165) is 17.5 Å². The fraction of sp³-hybridized carbons (Fsp3) is 0.500. The van der Waals surface area contributed by atoms with Crippen LogP contribution in [0.25, 0.3) is 10.8 Å². The molecule has 2 aromatic rings. The minimum absolute atomic E-state index is 0.00250. The number of hydrogen-bond donors (Lipinski definition) is 1. The standard InChI is InChI=1S/C22H30N2O/c1-18(25)23-22-20(14-13-19-10-5-6-12-21(19)22)11-4-2-7-15-24-16-8-3-9-17-24/h5-6,10,12-14H,2-4,7-9,11,15-17H2,1H3,(H,23,25). The van der Waals surface area contributed by atoms with Gasteiger partial charge in [0.2, 0.25) is 5.91 Å². The predicted octanol–water partition coefficient (Wildman–Crippen LogP) is 5.00. The van der Waals surface area contributed by atoms with Crippen molar-refractivity contribution in [3.63, 3.8) is 0 Å². The zero-order chi connectivity index (χ0) is 17.5. The molecule has 0 aliphatic carbocycles. The molecular weight excluding hydrogens is 308 g/mol. The number of unbranched alkanes of at least 4 members (excludes halogenated alkanes) is 2. The van der Waals surface area contributed by atoms with Crippen molar-refractivity contribution in [2.75, 3.05) is 25.0 Å². The number of benzene rings is 2. The summed E-state index contributed by atoms with van der Waals surface area (Å²) in [5.74, 6) is 0.00250. The number of carbonyl (C=O) groups excluding carboxylic acids is 1. The fourth-order valence-corrected chi connectivity index (χ4v) is 3.86. The van der Waals surface area contributed by atoms with Crippen molar-refractivity contribution in [2.24, 2.45) is 0 Å². The van der Waals surface area contributed by atoms with Crippen LogP contribution < -0.4 is 5.32 Å². The summed E-state index contributed by atoms with van der Waals surface area (Å²) in [6.45, 7) is 5.41. The van der Waals surface area contributed by atoms with Crippen LogP contribution in [0.4, 0.5) is 5.69 Å². The first-order valence-electron chi connectivity index (χ1n) is 9.74. The van der Waals surface area contributed by atoms with Crippen molar-refractivity contribution >= 4 is 22.4 Å². The van der Waals surface area contributed by atoms with Gasteiger partial charge in [-0.05, 0) is 62.7 Å². The average molecular weight is 338 g/mol. The largest absolute Gasteiger partial charge is 0.326 e. The summed E-state index contributed by atoms with van der Waals surface area (Å²) in [4.78, 5) is 14.3. The maximum atomic E-state index is 11.6. The SMILES string of the molecule is CC(=O)Nc1c(CCCCCN2CCCCC2)ccc2ccccc12. The Hall–Kier alpha value is -1.87. The summed E-state index contributed by atoms with van der Waals surface area (Å²) in [7, 11) is 0. The number of rotatable bonds is 7. The molecule has 3 rings (SSSR count). The number of hydrogen-bond acceptors (Lipinski definition) is 2. The number of aryl methyl sites for hydroxylation is 1. The highest BCUT2D eigenvalue weighted by Gasteiger charge is 2.10. The lowest BCUT2D eigenvalue weighted by Gasteiger charge is -2.26. The second-order valence-electron chi connectivity index (χ2n) is 7.21. The van der Waals surface area contributed by atoms with Gasteiger partial charge in [-0.25, -0.2) is 0 Å². The van der Waals surface area contributed by atoms with Gasteiger partial charge >= 0.3 is 0 Å². The van der Waals surface area contributed by atoms with Crippen LogP contribution in [0.15, 0.2) is 36.4 Å². The summed E-state index contributed by atoms with van der Waals surface area (Å²) in [5.41, 5.74) is 2.26. The average Bonchev–Trinajstić information content (AvgIpc) is 2.63. The van der Waals surface area contributed by atoms with Gasteiger partial charge in [-0.2, -0.15) is 0 Å². The van der Waals surface area contributed by atoms with Crippen molar-refractivity contribution < 1.29 is 4.79 Å². The third kappa shape index (κ3) is 5.05. The zero-order valence-corrected chi connectivity index (χ0v) is 15.4. The lowest BCUT2D eigenvalue weighted by molar-refractivity contribution is -0.114. The van der Waals surface area contributed by atoms with Gasteiger partial charge in [-0.1, -0.05) is 49.2 Å². The van der Waals surface area contributed by atoms with Crippen molar-refractivity contribution in [2.45, 2.75) is 51.9 Å². The van der Waals surface area contributed by atoms with E-state index in [2.05, 4.69) is 34.5 Å². The number of carbonyl (C=O) groups is 1. The smallest absolute Gasteiger partial charge is 0.221 e. The maximum absolute atomic E-state index is 11.6. The number of amides is 1. The predicted molar refractivity (Wildman–Crippen MR) is 106 cm³/mol. The molecule has 3 heteroatoms.